The van der Waals surface area contributed by atoms with E-state index in [4.69, 9.17) is 10.3 Å². The van der Waals surface area contributed by atoms with Crippen LogP contribution in [-0.4, -0.2) is 16.9 Å². The highest BCUT2D eigenvalue weighted by Gasteiger charge is 2.41. The van der Waals surface area contributed by atoms with Crippen LogP contribution in [0.15, 0.2) is 4.52 Å². The standard InChI is InChI=1S/C10H16N2O2/c1-6(2)9-8-7(14-12-9)3-4-10(8,11)5-13/h6,13H,3-5,11H2,1-2H3. The van der Waals surface area contributed by atoms with Crippen LogP contribution in [0.5, 0.6) is 0 Å². The van der Waals surface area contributed by atoms with Crippen LogP contribution in [0.25, 0.3) is 0 Å². The largest absolute Gasteiger partial charge is 0.394 e. The second-order valence-corrected chi connectivity index (χ2v) is 4.33. The van der Waals surface area contributed by atoms with E-state index in [2.05, 4.69) is 5.16 Å². The number of aliphatic hydroxyl groups is 1. The zero-order valence-corrected chi connectivity index (χ0v) is 8.58. The first-order valence-electron chi connectivity index (χ1n) is 4.97. The summed E-state index contributed by atoms with van der Waals surface area (Å²) in [4.78, 5) is 0. The van der Waals surface area contributed by atoms with Crippen molar-refractivity contribution in [1.82, 2.24) is 5.16 Å². The lowest BCUT2D eigenvalue weighted by Gasteiger charge is -2.22. The molecule has 0 spiro atoms. The van der Waals surface area contributed by atoms with Crippen molar-refractivity contribution < 1.29 is 9.63 Å². The van der Waals surface area contributed by atoms with E-state index in [0.717, 1.165) is 29.9 Å². The number of nitrogens with zero attached hydrogens (tertiary/aromatic N) is 1. The molecule has 0 aromatic carbocycles. The third-order valence-electron chi connectivity index (χ3n) is 2.91. The van der Waals surface area contributed by atoms with Crippen LogP contribution in [0, 0.1) is 0 Å². The van der Waals surface area contributed by atoms with Gasteiger partial charge in [0.2, 0.25) is 0 Å². The van der Waals surface area contributed by atoms with Crippen molar-refractivity contribution in [2.24, 2.45) is 5.73 Å². The second-order valence-electron chi connectivity index (χ2n) is 4.33. The van der Waals surface area contributed by atoms with Gasteiger partial charge in [0.25, 0.3) is 0 Å². The number of rotatable bonds is 2. The Morgan fingerprint density at radius 3 is 2.93 bits per heavy atom. The van der Waals surface area contributed by atoms with E-state index in [1.54, 1.807) is 0 Å². The molecule has 0 saturated carbocycles. The smallest absolute Gasteiger partial charge is 0.142 e. The molecule has 2 rings (SSSR count). The van der Waals surface area contributed by atoms with E-state index in [1.807, 2.05) is 13.8 Å². The highest BCUT2D eigenvalue weighted by Crippen LogP contribution is 2.39. The summed E-state index contributed by atoms with van der Waals surface area (Å²) in [5.41, 5.74) is 7.31. The minimum Gasteiger partial charge on any atom is -0.394 e. The van der Waals surface area contributed by atoms with Gasteiger partial charge >= 0.3 is 0 Å². The molecule has 1 aliphatic rings. The van der Waals surface area contributed by atoms with Gasteiger partial charge in [-0.05, 0) is 12.3 Å². The highest BCUT2D eigenvalue weighted by molar-refractivity contribution is 5.37. The molecule has 0 fully saturated rings. The van der Waals surface area contributed by atoms with E-state index in [1.165, 1.54) is 0 Å². The Kier molecular flexibility index (Phi) is 2.12. The summed E-state index contributed by atoms with van der Waals surface area (Å²) >= 11 is 0. The van der Waals surface area contributed by atoms with Crippen molar-refractivity contribution in [3.8, 4) is 0 Å². The Bertz CT molecular complexity index is 346. The Labute approximate surface area is 83.1 Å². The molecule has 78 valence electrons. The fourth-order valence-corrected chi connectivity index (χ4v) is 2.06. The first-order chi connectivity index (χ1) is 6.58. The molecule has 1 aromatic heterocycles. The average molecular weight is 196 g/mol. The Morgan fingerprint density at radius 1 is 1.64 bits per heavy atom. The molecule has 0 aliphatic heterocycles. The zero-order valence-electron chi connectivity index (χ0n) is 8.58. The molecule has 4 nitrogen and oxygen atoms in total. The van der Waals surface area contributed by atoms with Gasteiger partial charge in [-0.25, -0.2) is 0 Å². The minimum atomic E-state index is -0.630. The van der Waals surface area contributed by atoms with Crippen LogP contribution >= 0.6 is 0 Å². The maximum Gasteiger partial charge on any atom is 0.142 e. The van der Waals surface area contributed by atoms with Gasteiger partial charge in [0.05, 0.1) is 17.8 Å². The molecule has 0 amide bonds. The molecule has 1 aliphatic carbocycles. The number of aliphatic hydroxyl groups excluding tert-OH is 1. The SMILES string of the molecule is CC(C)c1noc2c1C(N)(CO)CC2. The van der Waals surface area contributed by atoms with Gasteiger partial charge in [-0.15, -0.1) is 0 Å². The van der Waals surface area contributed by atoms with Crippen molar-refractivity contribution >= 4 is 0 Å². The Morgan fingerprint density at radius 2 is 2.36 bits per heavy atom. The number of fused-ring (bicyclic) bond motifs is 1. The lowest BCUT2D eigenvalue weighted by Crippen LogP contribution is -2.38. The molecular weight excluding hydrogens is 180 g/mol. The number of nitrogens with two attached hydrogens (primary N) is 1. The lowest BCUT2D eigenvalue weighted by molar-refractivity contribution is 0.195. The average Bonchev–Trinajstić information content (AvgIpc) is 2.68. The van der Waals surface area contributed by atoms with Crippen LogP contribution in [-0.2, 0) is 12.0 Å². The summed E-state index contributed by atoms with van der Waals surface area (Å²) in [5, 5.41) is 13.3. The van der Waals surface area contributed by atoms with Gasteiger partial charge < -0.3 is 15.4 Å². The fourth-order valence-electron chi connectivity index (χ4n) is 2.06. The highest BCUT2D eigenvalue weighted by atomic mass is 16.5. The summed E-state index contributed by atoms with van der Waals surface area (Å²) in [6.45, 7) is 4.06. The van der Waals surface area contributed by atoms with Gasteiger partial charge in [-0.3, -0.25) is 0 Å². The van der Waals surface area contributed by atoms with E-state index in [-0.39, 0.29) is 12.5 Å². The molecule has 1 atom stereocenters. The van der Waals surface area contributed by atoms with E-state index < -0.39 is 5.54 Å². The summed E-state index contributed by atoms with van der Waals surface area (Å²) in [6, 6.07) is 0. The minimum absolute atomic E-state index is 0.0407. The third-order valence-corrected chi connectivity index (χ3v) is 2.91. The molecule has 0 bridgehead atoms. The summed E-state index contributed by atoms with van der Waals surface area (Å²) < 4.78 is 5.22. The number of hydrogen-bond donors (Lipinski definition) is 2. The maximum absolute atomic E-state index is 9.30. The van der Waals surface area contributed by atoms with Gasteiger partial charge in [0.1, 0.15) is 5.76 Å². The molecular formula is C10H16N2O2. The molecule has 1 heterocycles. The number of hydrogen-bond acceptors (Lipinski definition) is 4. The van der Waals surface area contributed by atoms with Gasteiger partial charge in [0.15, 0.2) is 0 Å². The van der Waals surface area contributed by atoms with E-state index in [0.29, 0.717) is 0 Å². The van der Waals surface area contributed by atoms with Crippen molar-refractivity contribution in [3.05, 3.63) is 17.0 Å². The van der Waals surface area contributed by atoms with Crippen LogP contribution < -0.4 is 5.73 Å². The predicted molar refractivity (Wildman–Crippen MR) is 51.9 cm³/mol. The van der Waals surface area contributed by atoms with Crippen LogP contribution in [0.2, 0.25) is 0 Å². The van der Waals surface area contributed by atoms with Crippen molar-refractivity contribution in [2.45, 2.75) is 38.1 Å². The van der Waals surface area contributed by atoms with Crippen molar-refractivity contribution in [3.63, 3.8) is 0 Å². The topological polar surface area (TPSA) is 72.3 Å². The molecule has 0 radical (unpaired) electrons. The number of aromatic nitrogens is 1. The predicted octanol–water partition coefficient (Wildman–Crippen LogP) is 0.891. The summed E-state index contributed by atoms with van der Waals surface area (Å²) in [5.74, 6) is 1.14. The quantitative estimate of drug-likeness (QED) is 0.736. The molecule has 14 heavy (non-hydrogen) atoms. The molecule has 4 heteroatoms. The van der Waals surface area contributed by atoms with Crippen molar-refractivity contribution in [2.75, 3.05) is 6.61 Å². The summed E-state index contributed by atoms with van der Waals surface area (Å²) in [7, 11) is 0. The molecule has 1 aromatic rings. The molecule has 1 unspecified atom stereocenters. The van der Waals surface area contributed by atoms with Crippen LogP contribution in [0.3, 0.4) is 0 Å². The Hall–Kier alpha value is -0.870. The van der Waals surface area contributed by atoms with Crippen molar-refractivity contribution in [1.29, 1.82) is 0 Å². The molecule has 3 N–H and O–H groups in total. The second kappa shape index (κ2) is 3.07. The van der Waals surface area contributed by atoms with Gasteiger partial charge in [-0.1, -0.05) is 19.0 Å². The van der Waals surface area contributed by atoms with E-state index >= 15 is 0 Å². The first-order valence-corrected chi connectivity index (χ1v) is 4.97. The monoisotopic (exact) mass is 196 g/mol. The summed E-state index contributed by atoms with van der Waals surface area (Å²) in [6.07, 6.45) is 1.53. The third kappa shape index (κ3) is 1.18. The van der Waals surface area contributed by atoms with E-state index in [9.17, 15) is 5.11 Å². The lowest BCUT2D eigenvalue weighted by atomic mass is 9.91. The van der Waals surface area contributed by atoms with Crippen LogP contribution in [0.4, 0.5) is 0 Å². The van der Waals surface area contributed by atoms with Gasteiger partial charge in [0, 0.05) is 12.0 Å². The normalized spacial score (nSPS) is 25.8. The molecule has 0 saturated heterocycles. The Balaban J connectivity index is 2.50. The maximum atomic E-state index is 9.30. The van der Waals surface area contributed by atoms with Crippen LogP contribution in [0.1, 0.15) is 43.2 Å². The first kappa shape index (κ1) is 9.68. The van der Waals surface area contributed by atoms with Gasteiger partial charge in [-0.2, -0.15) is 0 Å². The fraction of sp³-hybridized carbons (Fsp3) is 0.700. The zero-order chi connectivity index (χ0) is 10.3. The number of aryl methyl sites for hydroxylation is 1.